The molecule has 0 aliphatic heterocycles. The monoisotopic (exact) mass is 179 g/mol. The number of rotatable bonds is 6. The van der Waals surface area contributed by atoms with Gasteiger partial charge in [0.1, 0.15) is 13.2 Å². The Labute approximate surface area is 70.2 Å². The van der Waals surface area contributed by atoms with E-state index in [4.69, 9.17) is 10.2 Å². The summed E-state index contributed by atoms with van der Waals surface area (Å²) in [5.41, 5.74) is 0. The summed E-state index contributed by atoms with van der Waals surface area (Å²) in [5, 5.41) is 17.3. The van der Waals surface area contributed by atoms with E-state index in [1.54, 1.807) is 0 Å². The molecule has 0 aliphatic carbocycles. The van der Waals surface area contributed by atoms with Gasteiger partial charge in [-0.15, -0.1) is 0 Å². The Hall–Kier alpha value is -0.690. The maximum Gasteiger partial charge on any atom is 0.270 e. The summed E-state index contributed by atoms with van der Waals surface area (Å²) >= 11 is 0. The van der Waals surface area contributed by atoms with Crippen molar-refractivity contribution in [1.82, 2.24) is 5.23 Å². The molecule has 72 valence electrons. The van der Waals surface area contributed by atoms with Crippen molar-refractivity contribution in [3.8, 4) is 0 Å². The Bertz CT molecular complexity index is 121. The molecule has 0 aliphatic rings. The first-order valence-corrected chi connectivity index (χ1v) is 3.50. The van der Waals surface area contributed by atoms with E-state index in [-0.39, 0.29) is 26.4 Å². The van der Waals surface area contributed by atoms with Crippen LogP contribution in [0.1, 0.15) is 6.92 Å². The molecular formula is C6H13NO5. The molecular weight excluding hydrogens is 166 g/mol. The largest absolute Gasteiger partial charge is 0.394 e. The van der Waals surface area contributed by atoms with Gasteiger partial charge in [0, 0.05) is 6.92 Å². The Kier molecular flexibility index (Phi) is 6.58. The van der Waals surface area contributed by atoms with Crippen LogP contribution in [0.3, 0.4) is 0 Å². The molecule has 0 aromatic rings. The first-order valence-electron chi connectivity index (χ1n) is 3.50. The Morgan fingerprint density at radius 2 is 1.67 bits per heavy atom. The van der Waals surface area contributed by atoms with E-state index in [0.29, 0.717) is 5.23 Å². The molecule has 0 aromatic carbocycles. The van der Waals surface area contributed by atoms with E-state index in [1.807, 2.05) is 0 Å². The van der Waals surface area contributed by atoms with E-state index < -0.39 is 5.91 Å². The fraction of sp³-hybridized carbons (Fsp3) is 0.833. The second-order valence-corrected chi connectivity index (χ2v) is 1.89. The maximum atomic E-state index is 10.7. The molecule has 1 amide bonds. The molecule has 0 saturated carbocycles. The molecule has 0 spiro atoms. The van der Waals surface area contributed by atoms with Gasteiger partial charge in [-0.25, -0.2) is 9.68 Å². The summed E-state index contributed by atoms with van der Waals surface area (Å²) < 4.78 is 0. The van der Waals surface area contributed by atoms with E-state index >= 15 is 0 Å². The fourth-order valence-electron chi connectivity index (χ4n) is 0.467. The summed E-state index contributed by atoms with van der Waals surface area (Å²) in [4.78, 5) is 20.0. The van der Waals surface area contributed by atoms with Gasteiger partial charge in [-0.2, -0.15) is 0 Å². The van der Waals surface area contributed by atoms with Crippen molar-refractivity contribution < 1.29 is 24.7 Å². The number of hydroxylamine groups is 2. The predicted molar refractivity (Wildman–Crippen MR) is 38.6 cm³/mol. The fourth-order valence-corrected chi connectivity index (χ4v) is 0.467. The van der Waals surface area contributed by atoms with Crippen LogP contribution in [0.25, 0.3) is 0 Å². The molecule has 2 N–H and O–H groups in total. The van der Waals surface area contributed by atoms with Gasteiger partial charge >= 0.3 is 0 Å². The number of hydrogen-bond acceptors (Lipinski definition) is 5. The molecule has 0 atom stereocenters. The zero-order valence-corrected chi connectivity index (χ0v) is 6.89. The maximum absolute atomic E-state index is 10.7. The van der Waals surface area contributed by atoms with Crippen LogP contribution in [0.2, 0.25) is 0 Å². The van der Waals surface area contributed by atoms with Gasteiger partial charge in [-0.05, 0) is 0 Å². The van der Waals surface area contributed by atoms with Crippen molar-refractivity contribution >= 4 is 5.91 Å². The number of carbonyl (C=O) groups excluding carboxylic acids is 1. The molecule has 6 nitrogen and oxygen atoms in total. The van der Waals surface area contributed by atoms with Crippen LogP contribution in [-0.2, 0) is 14.5 Å². The average Bonchev–Trinajstić information content (AvgIpc) is 2.04. The highest BCUT2D eigenvalue weighted by atomic mass is 17.0. The van der Waals surface area contributed by atoms with Crippen molar-refractivity contribution in [1.29, 1.82) is 0 Å². The van der Waals surface area contributed by atoms with Crippen LogP contribution < -0.4 is 0 Å². The van der Waals surface area contributed by atoms with Crippen LogP contribution in [0.4, 0.5) is 0 Å². The first-order chi connectivity index (χ1) is 5.72. The van der Waals surface area contributed by atoms with Gasteiger partial charge in [-0.3, -0.25) is 4.79 Å². The standard InChI is InChI=1S/C6H13NO5/c1-6(10)7(11-4-2-8)12-5-3-9/h8-9H,2-5H2,1H3. The number of amides is 1. The number of aliphatic hydroxyl groups excluding tert-OH is 2. The second-order valence-electron chi connectivity index (χ2n) is 1.89. The Balaban J connectivity index is 3.62. The van der Waals surface area contributed by atoms with Crippen molar-refractivity contribution in [3.63, 3.8) is 0 Å². The summed E-state index contributed by atoms with van der Waals surface area (Å²) in [5.74, 6) is -0.447. The van der Waals surface area contributed by atoms with Crippen LogP contribution in [-0.4, -0.2) is 47.8 Å². The number of aliphatic hydroxyl groups is 2. The second kappa shape index (κ2) is 6.99. The van der Waals surface area contributed by atoms with Gasteiger partial charge in [0.2, 0.25) is 0 Å². The summed E-state index contributed by atoms with van der Waals surface area (Å²) in [6.07, 6.45) is 0. The summed E-state index contributed by atoms with van der Waals surface area (Å²) in [6.45, 7) is 0.795. The van der Waals surface area contributed by atoms with Crippen molar-refractivity contribution in [2.24, 2.45) is 0 Å². The lowest BCUT2D eigenvalue weighted by molar-refractivity contribution is -0.343. The lowest BCUT2D eigenvalue weighted by Crippen LogP contribution is -2.31. The van der Waals surface area contributed by atoms with E-state index in [0.717, 1.165) is 0 Å². The highest BCUT2D eigenvalue weighted by Crippen LogP contribution is 1.92. The van der Waals surface area contributed by atoms with Crippen LogP contribution in [0.5, 0.6) is 0 Å². The molecule has 0 fully saturated rings. The highest BCUT2D eigenvalue weighted by molar-refractivity contribution is 5.70. The normalized spacial score (nSPS) is 9.92. The summed E-state index contributed by atoms with van der Waals surface area (Å²) in [6, 6.07) is 0. The third-order valence-corrected chi connectivity index (χ3v) is 0.857. The molecule has 0 heterocycles. The van der Waals surface area contributed by atoms with Crippen LogP contribution >= 0.6 is 0 Å². The van der Waals surface area contributed by atoms with Gasteiger partial charge in [-0.1, -0.05) is 5.23 Å². The SMILES string of the molecule is CC(=O)N(OCCO)OCCO. The average molecular weight is 179 g/mol. The van der Waals surface area contributed by atoms with Gasteiger partial charge in [0.15, 0.2) is 0 Å². The lowest BCUT2D eigenvalue weighted by Gasteiger charge is -2.17. The van der Waals surface area contributed by atoms with Crippen molar-refractivity contribution in [2.75, 3.05) is 26.4 Å². The smallest absolute Gasteiger partial charge is 0.270 e. The third kappa shape index (κ3) is 5.03. The minimum absolute atomic E-state index is 0.0228. The molecule has 0 rings (SSSR count). The van der Waals surface area contributed by atoms with E-state index in [1.165, 1.54) is 6.92 Å². The summed E-state index contributed by atoms with van der Waals surface area (Å²) in [7, 11) is 0. The van der Waals surface area contributed by atoms with Gasteiger partial charge in [0.05, 0.1) is 13.2 Å². The Morgan fingerprint density at radius 1 is 1.25 bits per heavy atom. The van der Waals surface area contributed by atoms with Crippen molar-refractivity contribution in [3.05, 3.63) is 0 Å². The minimum Gasteiger partial charge on any atom is -0.394 e. The molecule has 0 aromatic heterocycles. The molecule has 0 radical (unpaired) electrons. The topological polar surface area (TPSA) is 79.2 Å². The number of nitrogens with zero attached hydrogens (tertiary/aromatic N) is 1. The molecule has 0 saturated heterocycles. The molecule has 12 heavy (non-hydrogen) atoms. The van der Waals surface area contributed by atoms with E-state index in [9.17, 15) is 4.79 Å². The van der Waals surface area contributed by atoms with Gasteiger partial charge in [0.25, 0.3) is 5.91 Å². The Morgan fingerprint density at radius 3 is 1.92 bits per heavy atom. The molecule has 0 bridgehead atoms. The molecule has 6 heteroatoms. The highest BCUT2D eigenvalue weighted by Gasteiger charge is 2.08. The zero-order valence-electron chi connectivity index (χ0n) is 6.89. The molecule has 0 unspecified atom stereocenters. The van der Waals surface area contributed by atoms with Crippen LogP contribution in [0.15, 0.2) is 0 Å². The van der Waals surface area contributed by atoms with E-state index in [2.05, 4.69) is 9.68 Å². The minimum atomic E-state index is -0.447. The third-order valence-electron chi connectivity index (χ3n) is 0.857. The first kappa shape index (κ1) is 11.3. The predicted octanol–water partition coefficient (Wildman–Crippen LogP) is -1.32. The van der Waals surface area contributed by atoms with Gasteiger partial charge < -0.3 is 10.2 Å². The number of carbonyl (C=O) groups is 1. The van der Waals surface area contributed by atoms with Crippen molar-refractivity contribution in [2.45, 2.75) is 6.92 Å². The zero-order chi connectivity index (χ0) is 9.40. The number of hydrogen-bond donors (Lipinski definition) is 2. The van der Waals surface area contributed by atoms with Crippen LogP contribution in [0, 0.1) is 0 Å². The lowest BCUT2D eigenvalue weighted by atomic mass is 10.7. The quantitative estimate of drug-likeness (QED) is 0.494.